The van der Waals surface area contributed by atoms with E-state index in [9.17, 15) is 14.4 Å². The number of esters is 1. The molecular weight excluding hydrogens is 348 g/mol. The second-order valence-electron chi connectivity index (χ2n) is 6.32. The fraction of sp³-hybridized carbons (Fsp3) is 0.350. The largest absolute Gasteiger partial charge is 0.491 e. The van der Waals surface area contributed by atoms with Gasteiger partial charge in [0.2, 0.25) is 0 Å². The van der Waals surface area contributed by atoms with Crippen molar-refractivity contribution in [2.24, 2.45) is 7.05 Å². The number of nitrogens with zero attached hydrogens (tertiary/aromatic N) is 1. The number of benzene rings is 1. The Hall–Kier alpha value is -3.09. The molecule has 0 spiro atoms. The molecule has 144 valence electrons. The summed E-state index contributed by atoms with van der Waals surface area (Å²) in [4.78, 5) is 35.2. The van der Waals surface area contributed by atoms with Gasteiger partial charge in [0.1, 0.15) is 18.1 Å². The first-order valence-corrected chi connectivity index (χ1v) is 8.59. The van der Waals surface area contributed by atoms with E-state index in [1.807, 2.05) is 32.0 Å². The lowest BCUT2D eigenvalue weighted by Crippen LogP contribution is -2.32. The number of aryl methyl sites for hydroxylation is 3. The van der Waals surface area contributed by atoms with Gasteiger partial charge in [0.15, 0.2) is 12.4 Å². The Morgan fingerprint density at radius 3 is 2.52 bits per heavy atom. The van der Waals surface area contributed by atoms with Crippen LogP contribution in [0.25, 0.3) is 0 Å². The van der Waals surface area contributed by atoms with E-state index >= 15 is 0 Å². The van der Waals surface area contributed by atoms with E-state index in [1.54, 1.807) is 13.2 Å². The van der Waals surface area contributed by atoms with E-state index in [4.69, 9.17) is 9.47 Å². The van der Waals surface area contributed by atoms with Crippen LogP contribution in [-0.2, 0) is 16.6 Å². The van der Waals surface area contributed by atoms with Gasteiger partial charge in [0.05, 0.1) is 6.54 Å². The first-order valence-electron chi connectivity index (χ1n) is 8.59. The van der Waals surface area contributed by atoms with Gasteiger partial charge in [-0.1, -0.05) is 17.7 Å². The number of ether oxygens (including phenoxy) is 2. The minimum Gasteiger partial charge on any atom is -0.491 e. The van der Waals surface area contributed by atoms with Crippen LogP contribution in [0.4, 0.5) is 0 Å². The van der Waals surface area contributed by atoms with E-state index in [0.717, 1.165) is 16.9 Å². The highest BCUT2D eigenvalue weighted by Crippen LogP contribution is 2.18. The molecule has 1 N–H and O–H groups in total. The normalized spacial score (nSPS) is 10.4. The minimum atomic E-state index is -0.660. The molecule has 1 aromatic carbocycles. The Morgan fingerprint density at radius 1 is 1.15 bits per heavy atom. The molecule has 0 aliphatic rings. The van der Waals surface area contributed by atoms with Crippen molar-refractivity contribution in [1.82, 2.24) is 9.88 Å². The van der Waals surface area contributed by atoms with E-state index in [0.29, 0.717) is 18.7 Å². The van der Waals surface area contributed by atoms with Crippen molar-refractivity contribution >= 4 is 17.7 Å². The molecule has 0 atom stereocenters. The van der Waals surface area contributed by atoms with Crippen molar-refractivity contribution in [2.45, 2.75) is 20.8 Å². The molecule has 2 rings (SSSR count). The molecule has 2 aromatic rings. The van der Waals surface area contributed by atoms with Gasteiger partial charge >= 0.3 is 5.97 Å². The lowest BCUT2D eigenvalue weighted by molar-refractivity contribution is -0.124. The summed E-state index contributed by atoms with van der Waals surface area (Å²) >= 11 is 0. The van der Waals surface area contributed by atoms with Gasteiger partial charge in [-0.25, -0.2) is 4.79 Å². The Labute approximate surface area is 158 Å². The number of hydrogen-bond acceptors (Lipinski definition) is 5. The van der Waals surface area contributed by atoms with Gasteiger partial charge in [0, 0.05) is 18.8 Å². The summed E-state index contributed by atoms with van der Waals surface area (Å²) in [6.45, 7) is 5.59. The third-order valence-electron chi connectivity index (χ3n) is 3.97. The van der Waals surface area contributed by atoms with Crippen LogP contribution in [0.2, 0.25) is 0 Å². The van der Waals surface area contributed by atoms with Crippen LogP contribution < -0.4 is 10.1 Å². The number of Topliss-reactive ketones (excluding diaryl/α,β-unsaturated/α-hetero) is 1. The number of carbonyl (C=O) groups excluding carboxylic acids is 3. The fourth-order valence-electron chi connectivity index (χ4n) is 2.53. The van der Waals surface area contributed by atoms with Gasteiger partial charge < -0.3 is 19.4 Å². The van der Waals surface area contributed by atoms with E-state index in [1.165, 1.54) is 17.6 Å². The molecule has 0 radical (unpaired) electrons. The number of aromatic nitrogens is 1. The average Bonchev–Trinajstić information content (AvgIpc) is 3.00. The number of ketones is 1. The molecule has 1 aromatic heterocycles. The molecule has 0 fully saturated rings. The maximum atomic E-state index is 12.0. The molecular formula is C20H24N2O5. The number of hydrogen-bond donors (Lipinski definition) is 1. The highest BCUT2D eigenvalue weighted by atomic mass is 16.5. The first-order chi connectivity index (χ1) is 12.8. The van der Waals surface area contributed by atoms with Crippen LogP contribution in [-0.4, -0.2) is 42.0 Å². The smallest absolute Gasteiger partial charge is 0.355 e. The Morgan fingerprint density at radius 2 is 1.89 bits per heavy atom. The molecule has 0 aliphatic carbocycles. The second kappa shape index (κ2) is 9.02. The summed E-state index contributed by atoms with van der Waals surface area (Å²) < 4.78 is 12.1. The molecule has 1 amide bonds. The number of carbonyl (C=O) groups is 3. The van der Waals surface area contributed by atoms with Crippen LogP contribution >= 0.6 is 0 Å². The summed E-state index contributed by atoms with van der Waals surface area (Å²) in [5.74, 6) is -0.460. The maximum Gasteiger partial charge on any atom is 0.355 e. The highest BCUT2D eigenvalue weighted by molar-refractivity contribution is 5.98. The molecule has 0 bridgehead atoms. The van der Waals surface area contributed by atoms with Crippen LogP contribution in [0.5, 0.6) is 5.75 Å². The van der Waals surface area contributed by atoms with Gasteiger partial charge in [-0.2, -0.15) is 0 Å². The maximum absolute atomic E-state index is 12.0. The van der Waals surface area contributed by atoms with Crippen molar-refractivity contribution in [3.05, 3.63) is 52.8 Å². The monoisotopic (exact) mass is 372 g/mol. The molecule has 0 unspecified atom stereocenters. The Bertz CT molecular complexity index is 854. The zero-order chi connectivity index (χ0) is 20.0. The third kappa shape index (κ3) is 5.70. The summed E-state index contributed by atoms with van der Waals surface area (Å²) in [5, 5.41) is 2.63. The zero-order valence-electron chi connectivity index (χ0n) is 16.0. The molecule has 0 saturated heterocycles. The Balaban J connectivity index is 1.73. The fourth-order valence-corrected chi connectivity index (χ4v) is 2.53. The summed E-state index contributed by atoms with van der Waals surface area (Å²) in [5.41, 5.74) is 2.81. The van der Waals surface area contributed by atoms with E-state index in [-0.39, 0.29) is 11.5 Å². The number of rotatable bonds is 8. The highest BCUT2D eigenvalue weighted by Gasteiger charge is 2.16. The van der Waals surface area contributed by atoms with Crippen molar-refractivity contribution in [1.29, 1.82) is 0 Å². The number of nitrogens with one attached hydrogen (secondary N) is 1. The standard InChI is InChI=1S/C20H24N2O5/c1-13-5-6-18(14(2)9-13)26-8-7-21-19(24)12-27-20(25)17-10-16(15(3)23)11-22(17)4/h5-6,9-11H,7-8,12H2,1-4H3,(H,21,24). The lowest BCUT2D eigenvalue weighted by atomic mass is 10.1. The summed E-state index contributed by atoms with van der Waals surface area (Å²) in [6, 6.07) is 7.32. The zero-order valence-corrected chi connectivity index (χ0v) is 16.0. The molecule has 7 heteroatoms. The summed E-state index contributed by atoms with van der Waals surface area (Å²) in [7, 11) is 1.63. The molecule has 27 heavy (non-hydrogen) atoms. The molecule has 0 saturated carbocycles. The van der Waals surface area contributed by atoms with Gasteiger partial charge in [-0.3, -0.25) is 9.59 Å². The molecule has 7 nitrogen and oxygen atoms in total. The van der Waals surface area contributed by atoms with E-state index in [2.05, 4.69) is 5.32 Å². The third-order valence-corrected chi connectivity index (χ3v) is 3.97. The van der Waals surface area contributed by atoms with Gasteiger partial charge in [-0.05, 0) is 38.5 Å². The summed E-state index contributed by atoms with van der Waals surface area (Å²) in [6.07, 6.45) is 1.55. The predicted octanol–water partition coefficient (Wildman–Crippen LogP) is 2.20. The molecule has 0 aliphatic heterocycles. The Kier molecular flexibility index (Phi) is 6.76. The van der Waals surface area contributed by atoms with E-state index < -0.39 is 18.5 Å². The lowest BCUT2D eigenvalue weighted by Gasteiger charge is -2.10. The quantitative estimate of drug-likeness (QED) is 0.436. The molecule has 1 heterocycles. The second-order valence-corrected chi connectivity index (χ2v) is 6.32. The van der Waals surface area contributed by atoms with Crippen LogP contribution in [0.15, 0.2) is 30.5 Å². The van der Waals surface area contributed by atoms with Crippen molar-refractivity contribution in [2.75, 3.05) is 19.8 Å². The van der Waals surface area contributed by atoms with Crippen molar-refractivity contribution in [3.8, 4) is 5.75 Å². The predicted molar refractivity (Wildman–Crippen MR) is 100 cm³/mol. The van der Waals surface area contributed by atoms with Crippen LogP contribution in [0, 0.1) is 13.8 Å². The van der Waals surface area contributed by atoms with Crippen molar-refractivity contribution in [3.63, 3.8) is 0 Å². The van der Waals surface area contributed by atoms with Crippen LogP contribution in [0.1, 0.15) is 38.9 Å². The topological polar surface area (TPSA) is 86.6 Å². The average molecular weight is 372 g/mol. The van der Waals surface area contributed by atoms with Gasteiger partial charge in [-0.15, -0.1) is 0 Å². The van der Waals surface area contributed by atoms with Crippen LogP contribution in [0.3, 0.4) is 0 Å². The SMILES string of the molecule is CC(=O)c1cc(C(=O)OCC(=O)NCCOc2ccc(C)cc2C)n(C)c1. The number of amides is 1. The first kappa shape index (κ1) is 20.2. The van der Waals surface area contributed by atoms with Gasteiger partial charge in [0.25, 0.3) is 5.91 Å². The van der Waals surface area contributed by atoms with Crippen molar-refractivity contribution < 1.29 is 23.9 Å². The minimum absolute atomic E-state index is 0.147.